The Bertz CT molecular complexity index is 726. The molecule has 24 heavy (non-hydrogen) atoms. The molecule has 0 aliphatic carbocycles. The van der Waals surface area contributed by atoms with Gasteiger partial charge in [0, 0.05) is 5.70 Å². The quantitative estimate of drug-likeness (QED) is 0.674. The Morgan fingerprint density at radius 1 is 1.04 bits per heavy atom. The van der Waals surface area contributed by atoms with E-state index in [4.69, 9.17) is 0 Å². The lowest BCUT2D eigenvalue weighted by Crippen LogP contribution is -2.26. The minimum Gasteiger partial charge on any atom is -0.359 e. The first-order valence-corrected chi connectivity index (χ1v) is 8.41. The van der Waals surface area contributed by atoms with Crippen molar-refractivity contribution in [1.82, 2.24) is 0 Å². The summed E-state index contributed by atoms with van der Waals surface area (Å²) in [7, 11) is 0. The van der Waals surface area contributed by atoms with Gasteiger partial charge in [-0.2, -0.15) is 0 Å². The lowest BCUT2D eigenvalue weighted by atomic mass is 10.1. The van der Waals surface area contributed by atoms with E-state index in [1.165, 1.54) is 11.1 Å². The van der Waals surface area contributed by atoms with Crippen LogP contribution in [0.3, 0.4) is 0 Å². The normalized spacial score (nSPS) is 15.7. The van der Waals surface area contributed by atoms with Crippen molar-refractivity contribution in [3.8, 4) is 0 Å². The molecule has 2 aromatic carbocycles. The molecule has 0 spiro atoms. The predicted octanol–water partition coefficient (Wildman–Crippen LogP) is 6.21. The number of para-hydroxylation sites is 2. The molecule has 124 valence electrons. The molecule has 0 radical (unpaired) electrons. The summed E-state index contributed by atoms with van der Waals surface area (Å²) in [6.07, 6.45) is 5.71. The second kappa shape index (κ2) is 8.21. The molecule has 1 atom stereocenters. The van der Waals surface area contributed by atoms with Crippen LogP contribution < -0.4 is 10.2 Å². The Kier molecular flexibility index (Phi) is 6.02. The van der Waals surface area contributed by atoms with E-state index in [0.29, 0.717) is 0 Å². The van der Waals surface area contributed by atoms with Crippen molar-refractivity contribution in [3.05, 3.63) is 96.7 Å². The number of fused-ring (bicyclic) bond motifs is 1. The van der Waals surface area contributed by atoms with E-state index >= 15 is 0 Å². The van der Waals surface area contributed by atoms with Crippen molar-refractivity contribution < 1.29 is 0 Å². The molecule has 1 N–H and O–H groups in total. The molecule has 0 amide bonds. The maximum atomic E-state index is 3.95. The largest absolute Gasteiger partial charge is 0.359 e. The molecule has 0 bridgehead atoms. The molecule has 0 saturated carbocycles. The van der Waals surface area contributed by atoms with E-state index in [1.807, 2.05) is 32.1 Å². The highest BCUT2D eigenvalue weighted by atomic mass is 15.3. The molecule has 2 nitrogen and oxygen atoms in total. The summed E-state index contributed by atoms with van der Waals surface area (Å²) in [6, 6.07) is 16.9. The van der Waals surface area contributed by atoms with Crippen molar-refractivity contribution in [3.63, 3.8) is 0 Å². The van der Waals surface area contributed by atoms with Gasteiger partial charge < -0.3 is 10.2 Å². The molecule has 2 aromatic rings. The van der Waals surface area contributed by atoms with E-state index in [9.17, 15) is 0 Å². The Morgan fingerprint density at radius 2 is 1.71 bits per heavy atom. The number of benzene rings is 2. The molecule has 1 aliphatic rings. The highest BCUT2D eigenvalue weighted by Crippen LogP contribution is 2.43. The number of anilines is 2. The van der Waals surface area contributed by atoms with E-state index in [0.717, 1.165) is 17.1 Å². The topological polar surface area (TPSA) is 15.3 Å². The van der Waals surface area contributed by atoms with Gasteiger partial charge in [-0.3, -0.25) is 0 Å². The Morgan fingerprint density at radius 3 is 2.33 bits per heavy atom. The Labute approximate surface area is 145 Å². The minimum absolute atomic E-state index is 0.0576. The summed E-state index contributed by atoms with van der Waals surface area (Å²) >= 11 is 0. The van der Waals surface area contributed by atoms with Crippen LogP contribution >= 0.6 is 0 Å². The number of hydrogen-bond donors (Lipinski definition) is 1. The van der Waals surface area contributed by atoms with Gasteiger partial charge in [0.25, 0.3) is 0 Å². The maximum absolute atomic E-state index is 3.95. The van der Waals surface area contributed by atoms with Gasteiger partial charge in [0.1, 0.15) is 6.17 Å². The molecule has 0 saturated heterocycles. The van der Waals surface area contributed by atoms with Gasteiger partial charge in [-0.05, 0) is 36.8 Å². The van der Waals surface area contributed by atoms with Crippen LogP contribution in [-0.2, 0) is 0 Å². The van der Waals surface area contributed by atoms with Crippen LogP contribution in [0.25, 0.3) is 0 Å². The first kappa shape index (κ1) is 17.6. The summed E-state index contributed by atoms with van der Waals surface area (Å²) in [5.74, 6) is 0. The Balaban J connectivity index is 0.00000100. The molecular weight excluding hydrogens is 292 g/mol. The Hall–Kier alpha value is -2.74. The van der Waals surface area contributed by atoms with Crippen molar-refractivity contribution in [2.75, 3.05) is 10.2 Å². The fourth-order valence-electron chi connectivity index (χ4n) is 2.79. The highest BCUT2D eigenvalue weighted by molar-refractivity contribution is 5.79. The van der Waals surface area contributed by atoms with Gasteiger partial charge in [0.05, 0.1) is 11.4 Å². The third kappa shape index (κ3) is 3.43. The van der Waals surface area contributed by atoms with Crippen LogP contribution in [0.15, 0.2) is 85.6 Å². The lowest BCUT2D eigenvalue weighted by molar-refractivity contribution is 0.802. The standard InChI is InChI=1S/C20H20N2.C2H6/c1-4-8-17(5-2)22-19-10-7-6-9-18(19)21-20(22)16-13-11-15(3)12-14-16;1-2/h4-14,20-21H,1-2H2,3H3;1-2H3/b17-8+;. The predicted molar refractivity (Wildman–Crippen MR) is 106 cm³/mol. The van der Waals surface area contributed by atoms with Gasteiger partial charge in [-0.25, -0.2) is 0 Å². The smallest absolute Gasteiger partial charge is 0.130 e. The van der Waals surface area contributed by atoms with Gasteiger partial charge in [-0.15, -0.1) is 0 Å². The fourth-order valence-corrected chi connectivity index (χ4v) is 2.79. The fraction of sp³-hybridized carbons (Fsp3) is 0.182. The van der Waals surface area contributed by atoms with E-state index in [1.54, 1.807) is 6.08 Å². The number of rotatable bonds is 4. The van der Waals surface area contributed by atoms with Crippen molar-refractivity contribution in [1.29, 1.82) is 0 Å². The third-order valence-electron chi connectivity index (χ3n) is 3.88. The molecule has 2 heteroatoms. The number of nitrogens with one attached hydrogen (secondary N) is 1. The molecule has 0 fully saturated rings. The molecular formula is C22H26N2. The first-order chi connectivity index (χ1) is 11.7. The average Bonchev–Trinajstić information content (AvgIpc) is 3.01. The second-order valence-electron chi connectivity index (χ2n) is 5.38. The zero-order valence-electron chi connectivity index (χ0n) is 14.8. The SMILES string of the molecule is C=C/C=C(\C=C)N1c2ccccc2NC1c1ccc(C)cc1.CC. The second-order valence-corrected chi connectivity index (χ2v) is 5.38. The summed E-state index contributed by atoms with van der Waals surface area (Å²) in [5.41, 5.74) is 5.79. The number of hydrogen-bond acceptors (Lipinski definition) is 2. The molecule has 0 aromatic heterocycles. The third-order valence-corrected chi connectivity index (χ3v) is 3.88. The van der Waals surface area contributed by atoms with Gasteiger partial charge in [0.15, 0.2) is 0 Å². The van der Waals surface area contributed by atoms with Crippen LogP contribution in [0.5, 0.6) is 0 Å². The average molecular weight is 318 g/mol. The lowest BCUT2D eigenvalue weighted by Gasteiger charge is -2.28. The monoisotopic (exact) mass is 318 g/mol. The van der Waals surface area contributed by atoms with E-state index in [2.05, 4.69) is 72.8 Å². The number of nitrogens with zero attached hydrogens (tertiary/aromatic N) is 1. The number of aryl methyl sites for hydroxylation is 1. The summed E-state index contributed by atoms with van der Waals surface area (Å²) in [6.45, 7) is 13.9. The first-order valence-electron chi connectivity index (χ1n) is 8.41. The van der Waals surface area contributed by atoms with E-state index in [-0.39, 0.29) is 6.17 Å². The summed E-state index contributed by atoms with van der Waals surface area (Å²) in [4.78, 5) is 2.26. The van der Waals surface area contributed by atoms with Crippen molar-refractivity contribution >= 4 is 11.4 Å². The molecule has 1 aliphatic heterocycles. The van der Waals surface area contributed by atoms with Crippen LogP contribution in [0.4, 0.5) is 11.4 Å². The summed E-state index contributed by atoms with van der Waals surface area (Å²) < 4.78 is 0. The molecule has 1 unspecified atom stereocenters. The van der Waals surface area contributed by atoms with Crippen molar-refractivity contribution in [2.24, 2.45) is 0 Å². The minimum atomic E-state index is 0.0576. The van der Waals surface area contributed by atoms with Gasteiger partial charge in [0.2, 0.25) is 0 Å². The molecule has 3 rings (SSSR count). The molecule has 1 heterocycles. The highest BCUT2D eigenvalue weighted by Gasteiger charge is 2.30. The zero-order valence-corrected chi connectivity index (χ0v) is 14.8. The van der Waals surface area contributed by atoms with Crippen LogP contribution in [0, 0.1) is 6.92 Å². The van der Waals surface area contributed by atoms with Crippen LogP contribution in [0.2, 0.25) is 0 Å². The van der Waals surface area contributed by atoms with Crippen LogP contribution in [0.1, 0.15) is 31.1 Å². The van der Waals surface area contributed by atoms with E-state index < -0.39 is 0 Å². The summed E-state index contributed by atoms with van der Waals surface area (Å²) in [5, 5.41) is 3.60. The number of allylic oxidation sites excluding steroid dienone is 3. The maximum Gasteiger partial charge on any atom is 0.130 e. The zero-order chi connectivity index (χ0) is 17.5. The van der Waals surface area contributed by atoms with Crippen LogP contribution in [-0.4, -0.2) is 0 Å². The van der Waals surface area contributed by atoms with Crippen molar-refractivity contribution in [2.45, 2.75) is 26.9 Å². The van der Waals surface area contributed by atoms with Gasteiger partial charge >= 0.3 is 0 Å². The van der Waals surface area contributed by atoms with Gasteiger partial charge in [-0.1, -0.05) is 75.0 Å².